The molecule has 0 unspecified atom stereocenters. The number of hydrogen-bond donors (Lipinski definition) is 0. The summed E-state index contributed by atoms with van der Waals surface area (Å²) < 4.78 is 18.0. The number of nitrogens with zero attached hydrogens (tertiary/aromatic N) is 2. The zero-order chi connectivity index (χ0) is 46.6. The van der Waals surface area contributed by atoms with Crippen LogP contribution in [-0.2, 0) is 0 Å². The van der Waals surface area contributed by atoms with Gasteiger partial charge in [-0.25, -0.2) is 0 Å². The first-order chi connectivity index (χ1) is 35.2. The van der Waals surface area contributed by atoms with Gasteiger partial charge in [-0.3, -0.25) is 0 Å². The van der Waals surface area contributed by atoms with Crippen molar-refractivity contribution >= 4 is 116 Å². The summed E-state index contributed by atoms with van der Waals surface area (Å²) >= 11 is 0. The van der Waals surface area contributed by atoms with Crippen LogP contribution in [0.4, 0.5) is 0 Å². The van der Waals surface area contributed by atoms with E-state index in [0.717, 1.165) is 71.8 Å². The first-order valence-corrected chi connectivity index (χ1v) is 26.3. The van der Waals surface area contributed by atoms with Crippen LogP contribution in [0.5, 0.6) is 0 Å². The highest BCUT2D eigenvalue weighted by molar-refractivity contribution is 7.21. The Morgan fingerprint density at radius 1 is 0.282 bits per heavy atom. The van der Waals surface area contributed by atoms with Crippen LogP contribution >= 0.6 is 0 Å². The SMILES string of the molecule is c1ccc(-c2ccc3oc4cccc(-n5c6ccccc6c6cc(-n7c8ccccc8c8c([Si](c9ccccc9)(c9ccccc9)c9ccc%10oc%11ccccc%11c%10c9)cccc87)ccc65)c4c3c2)cc1. The van der Waals surface area contributed by atoms with E-state index in [1.165, 1.54) is 58.9 Å². The lowest BCUT2D eigenvalue weighted by Crippen LogP contribution is -2.74. The maximum atomic E-state index is 6.59. The number of hydrogen-bond acceptors (Lipinski definition) is 2. The molecule has 15 rings (SSSR count). The second-order valence-corrected chi connectivity index (χ2v) is 22.5. The molecule has 0 spiro atoms. The largest absolute Gasteiger partial charge is 0.456 e. The van der Waals surface area contributed by atoms with E-state index in [1.807, 2.05) is 0 Å². The molecular weight excluding hydrogens is 881 g/mol. The lowest BCUT2D eigenvalue weighted by molar-refractivity contribution is 0.668. The van der Waals surface area contributed by atoms with E-state index in [1.54, 1.807) is 0 Å². The molecule has 0 radical (unpaired) electrons. The predicted molar refractivity (Wildman–Crippen MR) is 299 cm³/mol. The molecule has 0 aliphatic rings. The van der Waals surface area contributed by atoms with Crippen LogP contribution in [0.25, 0.3) is 110 Å². The minimum atomic E-state index is -3.09. The van der Waals surface area contributed by atoms with Crippen LogP contribution in [-0.4, -0.2) is 17.2 Å². The van der Waals surface area contributed by atoms with Gasteiger partial charge >= 0.3 is 0 Å². The number of para-hydroxylation sites is 3. The Kier molecular flexibility index (Phi) is 8.64. The van der Waals surface area contributed by atoms with Gasteiger partial charge in [0.2, 0.25) is 0 Å². The van der Waals surface area contributed by atoms with Gasteiger partial charge in [-0.1, -0.05) is 182 Å². The van der Waals surface area contributed by atoms with Gasteiger partial charge in [0.05, 0.1) is 33.1 Å². The molecule has 0 saturated heterocycles. The molecule has 0 saturated carbocycles. The van der Waals surface area contributed by atoms with E-state index in [9.17, 15) is 0 Å². The molecule has 5 heteroatoms. The summed E-state index contributed by atoms with van der Waals surface area (Å²) in [5.41, 5.74) is 12.7. The second-order valence-electron chi connectivity index (χ2n) is 18.7. The minimum absolute atomic E-state index is 0.870. The summed E-state index contributed by atoms with van der Waals surface area (Å²) in [6.45, 7) is 0. The Labute approximate surface area is 409 Å². The van der Waals surface area contributed by atoms with E-state index < -0.39 is 8.07 Å². The maximum Gasteiger partial charge on any atom is 0.180 e. The average Bonchev–Trinajstić information content (AvgIpc) is 4.20. The molecule has 0 N–H and O–H groups in total. The van der Waals surface area contributed by atoms with Crippen LogP contribution < -0.4 is 20.7 Å². The molecule has 0 atom stereocenters. The molecule has 11 aromatic carbocycles. The molecule has 0 fully saturated rings. The van der Waals surface area contributed by atoms with Gasteiger partial charge < -0.3 is 18.0 Å². The highest BCUT2D eigenvalue weighted by Gasteiger charge is 2.43. The van der Waals surface area contributed by atoms with Gasteiger partial charge in [0.15, 0.2) is 8.07 Å². The number of aromatic nitrogens is 2. The summed E-state index contributed by atoms with van der Waals surface area (Å²) in [5, 5.41) is 14.7. The maximum absolute atomic E-state index is 6.59. The highest BCUT2D eigenvalue weighted by atomic mass is 28.3. The highest BCUT2D eigenvalue weighted by Crippen LogP contribution is 2.42. The van der Waals surface area contributed by atoms with Crippen LogP contribution in [0, 0.1) is 0 Å². The number of fused-ring (bicyclic) bond motifs is 12. The van der Waals surface area contributed by atoms with E-state index in [-0.39, 0.29) is 0 Å². The fourth-order valence-corrected chi connectivity index (χ4v) is 17.1. The topological polar surface area (TPSA) is 36.1 Å². The zero-order valence-corrected chi connectivity index (χ0v) is 39.5. The molecule has 0 amide bonds. The van der Waals surface area contributed by atoms with Gasteiger partial charge in [0.1, 0.15) is 22.3 Å². The van der Waals surface area contributed by atoms with E-state index >= 15 is 0 Å². The first kappa shape index (κ1) is 39.8. The molecule has 4 nitrogen and oxygen atoms in total. The molecule has 0 aliphatic carbocycles. The summed E-state index contributed by atoms with van der Waals surface area (Å²) in [4.78, 5) is 0. The molecule has 15 aromatic rings. The van der Waals surface area contributed by atoms with Crippen molar-refractivity contribution in [1.82, 2.24) is 9.13 Å². The molecule has 4 aromatic heterocycles. The van der Waals surface area contributed by atoms with Crippen molar-refractivity contribution in [3.05, 3.63) is 255 Å². The molecule has 4 heterocycles. The lowest BCUT2D eigenvalue weighted by atomic mass is 10.0. The standard InChI is InChI=1S/C66H42N2O2Si/c1-4-18-43(19-5-1)44-34-38-62-54(40-44)65-58(29-16-32-63(65)70-62)68-55-27-13-10-24-49(55)52-41-45(35-37-57(52)68)67-56-28-14-11-26-51(56)66-59(67)30-17-33-64(66)71(46-20-6-2-7-21-46,47-22-8-3-9-23-47)48-36-39-61-53(42-48)50-25-12-15-31-60(50)69-61/h1-42H. The van der Waals surface area contributed by atoms with Crippen molar-refractivity contribution in [3.8, 4) is 22.5 Å². The van der Waals surface area contributed by atoms with Crippen molar-refractivity contribution in [2.45, 2.75) is 0 Å². The van der Waals surface area contributed by atoms with E-state index in [2.05, 4.69) is 264 Å². The normalized spacial score (nSPS) is 12.2. The quantitative estimate of drug-likeness (QED) is 0.118. The predicted octanol–water partition coefficient (Wildman–Crippen LogP) is 14.7. The van der Waals surface area contributed by atoms with Gasteiger partial charge in [-0.15, -0.1) is 0 Å². The van der Waals surface area contributed by atoms with Crippen molar-refractivity contribution < 1.29 is 8.83 Å². The Morgan fingerprint density at radius 2 is 0.859 bits per heavy atom. The minimum Gasteiger partial charge on any atom is -0.456 e. The van der Waals surface area contributed by atoms with Crippen LogP contribution in [0.2, 0.25) is 0 Å². The molecule has 0 aliphatic heterocycles. The number of furan rings is 2. The van der Waals surface area contributed by atoms with E-state index in [4.69, 9.17) is 8.83 Å². The average molecular weight is 923 g/mol. The third-order valence-corrected chi connectivity index (χ3v) is 19.9. The Hall–Kier alpha value is -9.16. The van der Waals surface area contributed by atoms with Gasteiger partial charge in [-0.2, -0.15) is 0 Å². The van der Waals surface area contributed by atoms with Crippen LogP contribution in [0.15, 0.2) is 264 Å². The Morgan fingerprint density at radius 3 is 1.65 bits per heavy atom. The van der Waals surface area contributed by atoms with Gasteiger partial charge in [0.25, 0.3) is 0 Å². The molecule has 71 heavy (non-hydrogen) atoms. The van der Waals surface area contributed by atoms with Gasteiger partial charge in [-0.05, 0) is 105 Å². The van der Waals surface area contributed by atoms with Gasteiger partial charge in [0, 0.05) is 43.4 Å². The summed E-state index contributed by atoms with van der Waals surface area (Å²) in [6, 6.07) is 93.4. The second kappa shape index (κ2) is 15.4. The molecule has 332 valence electrons. The molecule has 0 bridgehead atoms. The third kappa shape index (κ3) is 5.78. The fraction of sp³-hybridized carbons (Fsp3) is 0. The monoisotopic (exact) mass is 922 g/mol. The van der Waals surface area contributed by atoms with Crippen molar-refractivity contribution in [1.29, 1.82) is 0 Å². The Bertz CT molecular complexity index is 4540. The summed E-state index contributed by atoms with van der Waals surface area (Å²) in [5.74, 6) is 0. The van der Waals surface area contributed by atoms with Crippen molar-refractivity contribution in [2.24, 2.45) is 0 Å². The third-order valence-electron chi connectivity index (χ3n) is 15.1. The first-order valence-electron chi connectivity index (χ1n) is 24.3. The van der Waals surface area contributed by atoms with Crippen LogP contribution in [0.1, 0.15) is 0 Å². The van der Waals surface area contributed by atoms with Crippen LogP contribution in [0.3, 0.4) is 0 Å². The molecular formula is C66H42N2O2Si. The van der Waals surface area contributed by atoms with Crippen molar-refractivity contribution in [2.75, 3.05) is 0 Å². The zero-order valence-electron chi connectivity index (χ0n) is 38.5. The summed E-state index contributed by atoms with van der Waals surface area (Å²) in [6.07, 6.45) is 0. The Balaban J connectivity index is 0.991. The lowest BCUT2D eigenvalue weighted by Gasteiger charge is -2.35. The fourth-order valence-electron chi connectivity index (χ4n) is 12.1. The van der Waals surface area contributed by atoms with Crippen molar-refractivity contribution in [3.63, 3.8) is 0 Å². The smallest absolute Gasteiger partial charge is 0.180 e. The van der Waals surface area contributed by atoms with E-state index in [0.29, 0.717) is 0 Å². The summed E-state index contributed by atoms with van der Waals surface area (Å²) in [7, 11) is -3.09. The number of benzene rings is 11. The number of rotatable bonds is 7.